The number of hydrogen-bond acceptors (Lipinski definition) is 6. The monoisotopic (exact) mass is 419 g/mol. The number of hydrogen-bond donors (Lipinski definition) is 1. The highest BCUT2D eigenvalue weighted by Crippen LogP contribution is 2.32. The number of amides is 1. The van der Waals surface area contributed by atoms with Crippen molar-refractivity contribution in [1.29, 1.82) is 0 Å². The van der Waals surface area contributed by atoms with Crippen molar-refractivity contribution in [3.63, 3.8) is 0 Å². The van der Waals surface area contributed by atoms with Gasteiger partial charge in [-0.15, -0.1) is 23.1 Å². The number of nitrogens with one attached hydrogen (secondary N) is 1. The van der Waals surface area contributed by atoms with Crippen molar-refractivity contribution >= 4 is 46.3 Å². The summed E-state index contributed by atoms with van der Waals surface area (Å²) in [7, 11) is 1.54. The molecule has 3 rings (SSSR count). The highest BCUT2D eigenvalue weighted by molar-refractivity contribution is 7.98. The predicted molar refractivity (Wildman–Crippen MR) is 113 cm³/mol. The molecule has 140 valence electrons. The van der Waals surface area contributed by atoms with Crippen molar-refractivity contribution in [2.75, 3.05) is 18.7 Å². The van der Waals surface area contributed by atoms with Gasteiger partial charge in [-0.3, -0.25) is 4.79 Å². The molecule has 0 fully saturated rings. The molecule has 27 heavy (non-hydrogen) atoms. The molecule has 0 aliphatic rings. The van der Waals surface area contributed by atoms with Crippen molar-refractivity contribution in [1.82, 2.24) is 9.97 Å². The smallest absolute Gasteiger partial charge is 0.260 e. The van der Waals surface area contributed by atoms with Gasteiger partial charge in [-0.25, -0.2) is 9.97 Å². The molecule has 0 radical (unpaired) electrons. The van der Waals surface area contributed by atoms with Gasteiger partial charge in [0.15, 0.2) is 5.82 Å². The normalized spacial score (nSPS) is 10.7. The zero-order chi connectivity index (χ0) is 19.6. The number of anilines is 1. The Bertz CT molecular complexity index is 991. The summed E-state index contributed by atoms with van der Waals surface area (Å²) in [5.41, 5.74) is 2.48. The fraction of sp³-hybridized carbons (Fsp3) is 0.211. The Morgan fingerprint density at radius 3 is 2.70 bits per heavy atom. The van der Waals surface area contributed by atoms with Crippen LogP contribution in [0.1, 0.15) is 21.6 Å². The van der Waals surface area contributed by atoms with Gasteiger partial charge in [0.05, 0.1) is 28.9 Å². The molecule has 0 unspecified atom stereocenters. The van der Waals surface area contributed by atoms with Crippen molar-refractivity contribution < 1.29 is 9.53 Å². The predicted octanol–water partition coefficient (Wildman–Crippen LogP) is 5.46. The van der Waals surface area contributed by atoms with Gasteiger partial charge in [0, 0.05) is 11.1 Å². The fourth-order valence-corrected chi connectivity index (χ4v) is 4.02. The largest absolute Gasteiger partial charge is 0.495 e. The van der Waals surface area contributed by atoms with Gasteiger partial charge in [0.25, 0.3) is 5.91 Å². The van der Waals surface area contributed by atoms with Crippen LogP contribution in [-0.2, 0) is 0 Å². The summed E-state index contributed by atoms with van der Waals surface area (Å²) in [6.45, 7) is 3.69. The number of thioether (sulfide) groups is 1. The maximum Gasteiger partial charge on any atom is 0.260 e. The number of ether oxygens (including phenoxy) is 1. The van der Waals surface area contributed by atoms with Gasteiger partial charge in [-0.2, -0.15) is 0 Å². The Balaban J connectivity index is 1.99. The highest BCUT2D eigenvalue weighted by Gasteiger charge is 2.21. The van der Waals surface area contributed by atoms with E-state index in [4.69, 9.17) is 16.3 Å². The van der Waals surface area contributed by atoms with Gasteiger partial charge < -0.3 is 10.1 Å². The summed E-state index contributed by atoms with van der Waals surface area (Å²) in [6, 6.07) is 7.39. The van der Waals surface area contributed by atoms with E-state index in [-0.39, 0.29) is 5.91 Å². The summed E-state index contributed by atoms with van der Waals surface area (Å²) >= 11 is 9.12. The zero-order valence-corrected chi connectivity index (χ0v) is 17.7. The maximum atomic E-state index is 13.0. The van der Waals surface area contributed by atoms with Gasteiger partial charge in [0.1, 0.15) is 10.8 Å². The first-order valence-corrected chi connectivity index (χ1v) is 10.5. The minimum Gasteiger partial charge on any atom is -0.495 e. The number of carbonyl (C=O) groups excluding carboxylic acids is 1. The standard InChI is InChI=1S/C19H18ClN3O2S2/c1-10-8-13(14(25-3)9-12(10)20)22-18(24)16-11(2)21-17(23-19(16)26-4)15-6-5-7-27-15/h5-9H,1-4H3,(H,22,24). The summed E-state index contributed by atoms with van der Waals surface area (Å²) in [6.07, 6.45) is 1.89. The van der Waals surface area contributed by atoms with Crippen molar-refractivity contribution in [3.05, 3.63) is 51.5 Å². The quantitative estimate of drug-likeness (QED) is 0.439. The third-order valence-electron chi connectivity index (χ3n) is 3.95. The molecule has 8 heteroatoms. The zero-order valence-electron chi connectivity index (χ0n) is 15.3. The van der Waals surface area contributed by atoms with E-state index < -0.39 is 0 Å². The third kappa shape index (κ3) is 4.10. The van der Waals surface area contributed by atoms with E-state index in [1.54, 1.807) is 23.5 Å². The van der Waals surface area contributed by atoms with E-state index in [9.17, 15) is 4.79 Å². The van der Waals surface area contributed by atoms with Crippen LogP contribution in [0, 0.1) is 13.8 Å². The van der Waals surface area contributed by atoms with Crippen molar-refractivity contribution in [2.45, 2.75) is 18.9 Å². The van der Waals surface area contributed by atoms with Crippen LogP contribution in [0.3, 0.4) is 0 Å². The van der Waals surface area contributed by atoms with Crippen LogP contribution in [0.2, 0.25) is 5.02 Å². The van der Waals surface area contributed by atoms with Gasteiger partial charge >= 0.3 is 0 Å². The fourth-order valence-electron chi connectivity index (χ4n) is 2.59. The van der Waals surface area contributed by atoms with E-state index in [1.807, 2.05) is 37.6 Å². The lowest BCUT2D eigenvalue weighted by atomic mass is 10.1. The molecule has 1 aromatic carbocycles. The number of carbonyl (C=O) groups is 1. The minimum absolute atomic E-state index is 0.283. The minimum atomic E-state index is -0.283. The van der Waals surface area contributed by atoms with E-state index >= 15 is 0 Å². The van der Waals surface area contributed by atoms with E-state index in [2.05, 4.69) is 15.3 Å². The first kappa shape index (κ1) is 19.7. The molecule has 0 bridgehead atoms. The molecule has 0 saturated carbocycles. The van der Waals surface area contributed by atoms with Gasteiger partial charge in [0.2, 0.25) is 0 Å². The third-order valence-corrected chi connectivity index (χ3v) is 5.90. The second-order valence-corrected chi connectivity index (χ2v) is 7.90. The van der Waals surface area contributed by atoms with Crippen LogP contribution >= 0.6 is 34.7 Å². The van der Waals surface area contributed by atoms with Crippen LogP contribution < -0.4 is 10.1 Å². The lowest BCUT2D eigenvalue weighted by molar-refractivity contribution is 0.102. The number of rotatable bonds is 5. The van der Waals surface area contributed by atoms with Gasteiger partial charge in [-0.05, 0) is 43.2 Å². The van der Waals surface area contributed by atoms with Crippen molar-refractivity contribution in [2.24, 2.45) is 0 Å². The molecule has 0 aliphatic carbocycles. The highest BCUT2D eigenvalue weighted by atomic mass is 35.5. The number of nitrogens with zero attached hydrogens (tertiary/aromatic N) is 2. The Hall–Kier alpha value is -2.09. The van der Waals surface area contributed by atoms with Crippen LogP contribution in [0.15, 0.2) is 34.7 Å². The summed E-state index contributed by atoms with van der Waals surface area (Å²) in [5, 5.41) is 6.09. The molecule has 2 heterocycles. The Morgan fingerprint density at radius 1 is 1.30 bits per heavy atom. The van der Waals surface area contributed by atoms with Crippen molar-refractivity contribution in [3.8, 4) is 16.5 Å². The molecule has 0 spiro atoms. The first-order chi connectivity index (χ1) is 12.9. The molecular formula is C19H18ClN3O2S2. The van der Waals surface area contributed by atoms with Crippen LogP contribution in [-0.4, -0.2) is 29.2 Å². The number of methoxy groups -OCH3 is 1. The van der Waals surface area contributed by atoms with Gasteiger partial charge in [-0.1, -0.05) is 17.7 Å². The number of aryl methyl sites for hydroxylation is 2. The summed E-state index contributed by atoms with van der Waals surface area (Å²) in [4.78, 5) is 23.1. The topological polar surface area (TPSA) is 64.1 Å². The molecule has 1 amide bonds. The molecule has 0 atom stereocenters. The Kier molecular flexibility index (Phi) is 6.04. The molecular weight excluding hydrogens is 402 g/mol. The molecule has 1 N–H and O–H groups in total. The van der Waals surface area contributed by atoms with E-state index in [1.165, 1.54) is 18.9 Å². The Morgan fingerprint density at radius 2 is 2.07 bits per heavy atom. The van der Waals surface area contributed by atoms with Crippen LogP contribution in [0.5, 0.6) is 5.75 Å². The SMILES string of the molecule is COc1cc(Cl)c(C)cc1NC(=O)c1c(C)nc(-c2cccs2)nc1SC. The molecule has 3 aromatic rings. The second-order valence-electron chi connectivity index (χ2n) is 5.75. The van der Waals surface area contributed by atoms with E-state index in [0.29, 0.717) is 38.6 Å². The van der Waals surface area contributed by atoms with Crippen LogP contribution in [0.4, 0.5) is 5.69 Å². The first-order valence-electron chi connectivity index (χ1n) is 8.06. The number of halogens is 1. The maximum absolute atomic E-state index is 13.0. The summed E-state index contributed by atoms with van der Waals surface area (Å²) in [5.74, 6) is 0.844. The second kappa shape index (κ2) is 8.29. The number of aromatic nitrogens is 2. The Labute approximate surface area is 171 Å². The number of thiophene rings is 1. The van der Waals surface area contributed by atoms with Crippen LogP contribution in [0.25, 0.3) is 10.7 Å². The molecule has 5 nitrogen and oxygen atoms in total. The summed E-state index contributed by atoms with van der Waals surface area (Å²) < 4.78 is 5.34. The molecule has 2 aromatic heterocycles. The molecule has 0 saturated heterocycles. The molecule has 0 aliphatic heterocycles. The average molecular weight is 420 g/mol. The lowest BCUT2D eigenvalue weighted by Gasteiger charge is -2.15. The van der Waals surface area contributed by atoms with E-state index in [0.717, 1.165) is 10.4 Å². The average Bonchev–Trinajstić information content (AvgIpc) is 3.18. The number of benzene rings is 1. The lowest BCUT2D eigenvalue weighted by Crippen LogP contribution is -2.17.